The van der Waals surface area contributed by atoms with Gasteiger partial charge in [-0.05, 0) is 6.42 Å². The van der Waals surface area contributed by atoms with Gasteiger partial charge in [-0.3, -0.25) is 4.79 Å². The smallest absolute Gasteiger partial charge is 0.312 e. The summed E-state index contributed by atoms with van der Waals surface area (Å²) >= 11 is 0. The number of carbonyl (C=O) groups is 1. The lowest BCUT2D eigenvalue weighted by molar-refractivity contribution is -0.138. The lowest BCUT2D eigenvalue weighted by atomic mass is 9.84. The molecule has 0 saturated carbocycles. The number of esters is 1. The highest BCUT2D eigenvalue weighted by Crippen LogP contribution is 2.31. The molecule has 1 fully saturated rings. The zero-order valence-electron chi connectivity index (χ0n) is 9.46. The van der Waals surface area contributed by atoms with Gasteiger partial charge in [0, 0.05) is 12.0 Å². The van der Waals surface area contributed by atoms with E-state index in [1.165, 1.54) is 0 Å². The van der Waals surface area contributed by atoms with Crippen LogP contribution in [0.1, 0.15) is 18.4 Å². The summed E-state index contributed by atoms with van der Waals surface area (Å²) in [5.74, 6) is -0.246. The van der Waals surface area contributed by atoms with Gasteiger partial charge in [-0.1, -0.05) is 30.3 Å². The molecule has 0 aliphatic carbocycles. The number of carbonyl (C=O) groups excluding carboxylic acids is 1. The molecule has 1 saturated heterocycles. The van der Waals surface area contributed by atoms with Crippen molar-refractivity contribution in [2.24, 2.45) is 10.2 Å². The Bertz CT molecular complexity index is 553. The molecule has 1 unspecified atom stereocenters. The Morgan fingerprint density at radius 3 is 2.78 bits per heavy atom. The number of ether oxygens (including phenoxy) is 1. The van der Waals surface area contributed by atoms with Crippen molar-refractivity contribution < 1.29 is 14.7 Å². The van der Waals surface area contributed by atoms with E-state index < -0.39 is 5.54 Å². The first-order valence-electron chi connectivity index (χ1n) is 5.60. The Kier molecular flexibility index (Phi) is 2.46. The molecular weight excluding hydrogens is 234 g/mol. The molecule has 3 rings (SSSR count). The normalized spacial score (nSPS) is 26.2. The van der Waals surface area contributed by atoms with E-state index >= 15 is 0 Å². The Balaban J connectivity index is 2.02. The van der Waals surface area contributed by atoms with Gasteiger partial charge >= 0.3 is 5.97 Å². The van der Waals surface area contributed by atoms with Gasteiger partial charge in [0.1, 0.15) is 5.71 Å². The Labute approximate surface area is 103 Å². The lowest BCUT2D eigenvalue weighted by Gasteiger charge is -2.32. The summed E-state index contributed by atoms with van der Waals surface area (Å²) in [7, 11) is 0. The zero-order chi connectivity index (χ0) is 12.6. The third-order valence-electron chi connectivity index (χ3n) is 3.16. The average molecular weight is 245 g/mol. The summed E-state index contributed by atoms with van der Waals surface area (Å²) in [6, 6.07) is 9.37. The van der Waals surface area contributed by atoms with Crippen LogP contribution in [-0.2, 0) is 9.53 Å². The second-order valence-corrected chi connectivity index (χ2v) is 4.21. The fourth-order valence-corrected chi connectivity index (χ4v) is 2.21. The topological polar surface area (TPSA) is 83.3 Å². The first-order chi connectivity index (χ1) is 8.76. The van der Waals surface area contributed by atoms with Gasteiger partial charge in [0.05, 0.1) is 0 Å². The molecule has 0 spiro atoms. The molecule has 2 heterocycles. The fraction of sp³-hybridized carbons (Fsp3) is 0.250. The van der Waals surface area contributed by atoms with Gasteiger partial charge in [-0.15, -0.1) is 10.2 Å². The molecule has 0 radical (unpaired) electrons. The summed E-state index contributed by atoms with van der Waals surface area (Å²) in [6.07, 6.45) is 0.577. The third-order valence-corrected chi connectivity index (χ3v) is 3.16. The molecule has 6 heteroatoms. The van der Waals surface area contributed by atoms with Gasteiger partial charge in [-0.25, -0.2) is 0 Å². The molecule has 1 atom stereocenters. The summed E-state index contributed by atoms with van der Waals surface area (Å²) in [4.78, 5) is 11.2. The van der Waals surface area contributed by atoms with Crippen LogP contribution in [0.2, 0.25) is 0 Å². The Hall–Kier alpha value is -2.05. The van der Waals surface area contributed by atoms with Crippen molar-refractivity contribution in [3.63, 3.8) is 0 Å². The van der Waals surface area contributed by atoms with Crippen molar-refractivity contribution in [3.05, 3.63) is 35.9 Å². The van der Waals surface area contributed by atoms with E-state index in [1.54, 1.807) is 0 Å². The van der Waals surface area contributed by atoms with E-state index in [2.05, 4.69) is 15.7 Å². The molecule has 1 aromatic carbocycles. The van der Waals surface area contributed by atoms with Crippen molar-refractivity contribution in [3.8, 4) is 0 Å². The monoisotopic (exact) mass is 245 g/mol. The second kappa shape index (κ2) is 4.01. The van der Waals surface area contributed by atoms with Crippen LogP contribution in [0.25, 0.3) is 0 Å². The van der Waals surface area contributed by atoms with E-state index in [0.717, 1.165) is 5.56 Å². The molecule has 0 amide bonds. The molecule has 18 heavy (non-hydrogen) atoms. The minimum atomic E-state index is -1.00. The molecule has 0 aromatic heterocycles. The zero-order valence-corrected chi connectivity index (χ0v) is 9.46. The van der Waals surface area contributed by atoms with Gasteiger partial charge in [0.25, 0.3) is 0 Å². The number of rotatable bonds is 2. The van der Waals surface area contributed by atoms with Crippen LogP contribution < -0.4 is 5.48 Å². The highest BCUT2D eigenvalue weighted by atomic mass is 16.6. The van der Waals surface area contributed by atoms with E-state index in [1.807, 2.05) is 30.3 Å². The van der Waals surface area contributed by atoms with Gasteiger partial charge < -0.3 is 9.94 Å². The number of benzene rings is 1. The number of nitrogens with one attached hydrogen (secondary N) is 1. The average Bonchev–Trinajstić information content (AvgIpc) is 2.78. The summed E-state index contributed by atoms with van der Waals surface area (Å²) in [5.41, 5.74) is 2.60. The Morgan fingerprint density at radius 2 is 2.06 bits per heavy atom. The first-order valence-corrected chi connectivity index (χ1v) is 5.60. The van der Waals surface area contributed by atoms with E-state index in [4.69, 9.17) is 4.74 Å². The summed E-state index contributed by atoms with van der Waals surface area (Å²) < 4.78 is 5.03. The van der Waals surface area contributed by atoms with Crippen molar-refractivity contribution >= 4 is 17.6 Å². The number of hydroxylamine groups is 1. The maximum atomic E-state index is 11.2. The first kappa shape index (κ1) is 11.1. The van der Waals surface area contributed by atoms with Crippen LogP contribution in [0.15, 0.2) is 40.5 Å². The van der Waals surface area contributed by atoms with Crippen molar-refractivity contribution in [2.45, 2.75) is 18.4 Å². The number of hydrogen-bond acceptors (Lipinski definition) is 6. The molecule has 6 nitrogen and oxygen atoms in total. The maximum absolute atomic E-state index is 11.2. The van der Waals surface area contributed by atoms with Crippen LogP contribution in [0, 0.1) is 0 Å². The van der Waals surface area contributed by atoms with E-state index in [0.29, 0.717) is 12.1 Å². The predicted octanol–water partition coefficient (Wildman–Crippen LogP) is 0.857. The summed E-state index contributed by atoms with van der Waals surface area (Å²) in [5, 5.41) is 17.3. The standard InChI is InChI=1S/C12H11N3O3/c16-9-6-7-12(15-17)10(13-14-11(12)18-9)8-4-2-1-3-5-8/h1-5,15,17H,6-7H2. The van der Waals surface area contributed by atoms with Gasteiger partial charge in [0.15, 0.2) is 5.54 Å². The highest BCUT2D eigenvalue weighted by Gasteiger charge is 2.50. The van der Waals surface area contributed by atoms with E-state index in [-0.39, 0.29) is 18.3 Å². The van der Waals surface area contributed by atoms with Crippen LogP contribution >= 0.6 is 0 Å². The van der Waals surface area contributed by atoms with Gasteiger partial charge in [-0.2, -0.15) is 5.48 Å². The quantitative estimate of drug-likeness (QED) is 0.598. The highest BCUT2D eigenvalue weighted by molar-refractivity contribution is 6.24. The molecule has 1 aromatic rings. The van der Waals surface area contributed by atoms with Crippen molar-refractivity contribution in [1.29, 1.82) is 0 Å². The molecule has 2 aliphatic rings. The largest absolute Gasteiger partial charge is 0.407 e. The molecule has 2 aliphatic heterocycles. The SMILES string of the molecule is O=C1CCC2(NO)C(=NN=C2c2ccccc2)O1. The van der Waals surface area contributed by atoms with Crippen LogP contribution in [0.3, 0.4) is 0 Å². The third kappa shape index (κ3) is 1.47. The number of hydrogen-bond donors (Lipinski definition) is 2. The number of nitrogens with zero attached hydrogens (tertiary/aromatic N) is 2. The van der Waals surface area contributed by atoms with Crippen molar-refractivity contribution in [2.75, 3.05) is 0 Å². The molecule has 92 valence electrons. The van der Waals surface area contributed by atoms with E-state index in [9.17, 15) is 10.0 Å². The van der Waals surface area contributed by atoms with Gasteiger partial charge in [0.2, 0.25) is 5.90 Å². The predicted molar refractivity (Wildman–Crippen MR) is 63.4 cm³/mol. The summed E-state index contributed by atoms with van der Waals surface area (Å²) in [6.45, 7) is 0. The molecule has 0 bridgehead atoms. The van der Waals surface area contributed by atoms with Crippen LogP contribution in [0.5, 0.6) is 0 Å². The maximum Gasteiger partial charge on any atom is 0.312 e. The van der Waals surface area contributed by atoms with Crippen molar-refractivity contribution in [1.82, 2.24) is 5.48 Å². The Morgan fingerprint density at radius 1 is 1.28 bits per heavy atom. The minimum Gasteiger partial charge on any atom is -0.407 e. The number of fused-ring (bicyclic) bond motifs is 1. The van der Waals surface area contributed by atoms with Crippen LogP contribution in [-0.4, -0.2) is 28.3 Å². The fourth-order valence-electron chi connectivity index (χ4n) is 2.21. The lowest BCUT2D eigenvalue weighted by Crippen LogP contribution is -2.59. The molecular formula is C12H11N3O3. The second-order valence-electron chi connectivity index (χ2n) is 4.21. The van der Waals surface area contributed by atoms with Crippen LogP contribution in [0.4, 0.5) is 0 Å². The minimum absolute atomic E-state index is 0.111. The molecule has 2 N–H and O–H groups in total.